The van der Waals surface area contributed by atoms with E-state index >= 15 is 0 Å². The number of amides is 1. The Kier molecular flexibility index (Phi) is 5.11. The van der Waals surface area contributed by atoms with E-state index in [1.165, 1.54) is 7.11 Å². The van der Waals surface area contributed by atoms with Crippen molar-refractivity contribution in [2.45, 2.75) is 26.9 Å². The number of ether oxygens (including phenoxy) is 1. The van der Waals surface area contributed by atoms with Crippen molar-refractivity contribution in [1.82, 2.24) is 5.32 Å². The van der Waals surface area contributed by atoms with Crippen LogP contribution in [0.15, 0.2) is 16.5 Å². The van der Waals surface area contributed by atoms with Gasteiger partial charge in [-0.2, -0.15) is 0 Å². The molecule has 0 aliphatic carbocycles. The Balaban J connectivity index is 2.45. The molecule has 6 heteroatoms. The highest BCUT2D eigenvalue weighted by Gasteiger charge is 2.26. The van der Waals surface area contributed by atoms with E-state index in [1.807, 2.05) is 0 Å². The summed E-state index contributed by atoms with van der Waals surface area (Å²) in [6.07, 6.45) is 0.347. The first kappa shape index (κ1) is 15.2. The molecule has 1 aromatic heterocycles. The average Bonchev–Trinajstić information content (AvgIpc) is 2.77. The van der Waals surface area contributed by atoms with Crippen molar-refractivity contribution in [1.29, 1.82) is 0 Å². The normalized spacial score (nSPS) is 11.3. The van der Waals surface area contributed by atoms with E-state index in [-0.39, 0.29) is 18.2 Å². The van der Waals surface area contributed by atoms with Crippen LogP contribution in [0, 0.1) is 5.41 Å². The van der Waals surface area contributed by atoms with Gasteiger partial charge in [0.25, 0.3) is 5.91 Å². The molecule has 0 saturated heterocycles. The van der Waals surface area contributed by atoms with Gasteiger partial charge in [-0.25, -0.2) is 0 Å². The van der Waals surface area contributed by atoms with E-state index in [0.29, 0.717) is 18.8 Å². The minimum absolute atomic E-state index is 0.195. The third-order valence-corrected chi connectivity index (χ3v) is 2.79. The number of carbonyl (C=O) groups excluding carboxylic acids is 1. The van der Waals surface area contributed by atoms with Crippen LogP contribution in [-0.2, 0) is 16.1 Å². The van der Waals surface area contributed by atoms with Gasteiger partial charge < -0.3 is 19.6 Å². The Morgan fingerprint density at radius 2 is 2.11 bits per heavy atom. The van der Waals surface area contributed by atoms with Gasteiger partial charge in [0.1, 0.15) is 12.4 Å². The molecular formula is C13H19NO5. The van der Waals surface area contributed by atoms with Gasteiger partial charge in [0, 0.05) is 13.7 Å². The third-order valence-electron chi connectivity index (χ3n) is 2.79. The minimum atomic E-state index is -0.887. The van der Waals surface area contributed by atoms with Gasteiger partial charge in [-0.1, -0.05) is 0 Å². The standard InChI is InChI=1S/C13H19NO5/c1-13(2,12(16)17)6-7-14-11(15)10-5-4-9(19-10)8-18-3/h4-5H,6-8H2,1-3H3,(H,14,15)(H,16,17). The van der Waals surface area contributed by atoms with E-state index in [4.69, 9.17) is 14.3 Å². The molecule has 6 nitrogen and oxygen atoms in total. The molecule has 1 aromatic rings. The second-order valence-corrected chi connectivity index (χ2v) is 4.89. The molecule has 19 heavy (non-hydrogen) atoms. The Morgan fingerprint density at radius 1 is 1.42 bits per heavy atom. The molecule has 0 spiro atoms. The molecule has 0 aliphatic rings. The van der Waals surface area contributed by atoms with Crippen LogP contribution in [0.3, 0.4) is 0 Å². The van der Waals surface area contributed by atoms with Crippen LogP contribution in [0.4, 0.5) is 0 Å². The summed E-state index contributed by atoms with van der Waals surface area (Å²) in [5.41, 5.74) is -0.863. The zero-order valence-corrected chi connectivity index (χ0v) is 11.4. The van der Waals surface area contributed by atoms with Crippen LogP contribution in [0.2, 0.25) is 0 Å². The van der Waals surface area contributed by atoms with E-state index in [2.05, 4.69) is 5.32 Å². The molecular weight excluding hydrogens is 250 g/mol. The van der Waals surface area contributed by atoms with Crippen molar-refractivity contribution in [3.8, 4) is 0 Å². The highest BCUT2D eigenvalue weighted by Crippen LogP contribution is 2.19. The van der Waals surface area contributed by atoms with Crippen molar-refractivity contribution in [3.63, 3.8) is 0 Å². The number of nitrogens with one attached hydrogen (secondary N) is 1. The quantitative estimate of drug-likeness (QED) is 0.785. The highest BCUT2D eigenvalue weighted by molar-refractivity contribution is 5.91. The second-order valence-electron chi connectivity index (χ2n) is 4.89. The van der Waals surface area contributed by atoms with Crippen molar-refractivity contribution in [2.75, 3.05) is 13.7 Å². The van der Waals surface area contributed by atoms with Gasteiger partial charge >= 0.3 is 5.97 Å². The summed E-state index contributed by atoms with van der Waals surface area (Å²) in [6.45, 7) is 3.81. The molecule has 2 N–H and O–H groups in total. The van der Waals surface area contributed by atoms with Gasteiger partial charge in [-0.05, 0) is 32.4 Å². The lowest BCUT2D eigenvalue weighted by Gasteiger charge is -2.18. The molecule has 0 fully saturated rings. The summed E-state index contributed by atoms with van der Waals surface area (Å²) >= 11 is 0. The van der Waals surface area contributed by atoms with Crippen LogP contribution >= 0.6 is 0 Å². The van der Waals surface area contributed by atoms with Crippen LogP contribution in [0.5, 0.6) is 0 Å². The molecule has 1 heterocycles. The number of hydrogen-bond acceptors (Lipinski definition) is 4. The molecule has 0 unspecified atom stereocenters. The number of carboxylic acid groups (broad SMARTS) is 1. The fourth-order valence-electron chi connectivity index (χ4n) is 1.40. The van der Waals surface area contributed by atoms with E-state index < -0.39 is 11.4 Å². The topological polar surface area (TPSA) is 88.8 Å². The number of aliphatic carboxylic acids is 1. The predicted molar refractivity (Wildman–Crippen MR) is 67.8 cm³/mol. The highest BCUT2D eigenvalue weighted by atomic mass is 16.5. The molecule has 106 valence electrons. The number of rotatable bonds is 7. The molecule has 0 aromatic carbocycles. The lowest BCUT2D eigenvalue weighted by Crippen LogP contribution is -2.31. The van der Waals surface area contributed by atoms with Gasteiger partial charge in [0.2, 0.25) is 0 Å². The smallest absolute Gasteiger partial charge is 0.309 e. The zero-order chi connectivity index (χ0) is 14.5. The Labute approximate surface area is 111 Å². The first-order valence-electron chi connectivity index (χ1n) is 5.96. The summed E-state index contributed by atoms with van der Waals surface area (Å²) in [7, 11) is 1.54. The summed E-state index contributed by atoms with van der Waals surface area (Å²) in [6, 6.07) is 3.23. The Morgan fingerprint density at radius 3 is 2.68 bits per heavy atom. The van der Waals surface area contributed by atoms with E-state index in [1.54, 1.807) is 26.0 Å². The third kappa shape index (κ3) is 4.40. The fraction of sp³-hybridized carbons (Fsp3) is 0.538. The number of carboxylic acids is 1. The minimum Gasteiger partial charge on any atom is -0.481 e. The Hall–Kier alpha value is -1.82. The molecule has 0 aliphatic heterocycles. The number of furan rings is 1. The maximum absolute atomic E-state index is 11.7. The average molecular weight is 269 g/mol. The summed E-state index contributed by atoms with van der Waals surface area (Å²) < 4.78 is 10.1. The van der Waals surface area contributed by atoms with Gasteiger partial charge in [0.05, 0.1) is 5.41 Å². The second kappa shape index (κ2) is 6.38. The zero-order valence-electron chi connectivity index (χ0n) is 11.4. The molecule has 0 saturated carbocycles. The van der Waals surface area contributed by atoms with Crippen molar-refractivity contribution in [2.24, 2.45) is 5.41 Å². The SMILES string of the molecule is COCc1ccc(C(=O)NCCC(C)(C)C(=O)O)o1. The summed E-state index contributed by atoms with van der Waals surface area (Å²) in [5, 5.41) is 11.6. The molecule has 1 rings (SSSR count). The number of hydrogen-bond donors (Lipinski definition) is 2. The number of carbonyl (C=O) groups is 2. The van der Waals surface area contributed by atoms with Crippen molar-refractivity contribution < 1.29 is 23.8 Å². The predicted octanol–water partition coefficient (Wildman–Crippen LogP) is 1.66. The van der Waals surface area contributed by atoms with Crippen molar-refractivity contribution in [3.05, 3.63) is 23.7 Å². The van der Waals surface area contributed by atoms with Crippen LogP contribution in [0.1, 0.15) is 36.6 Å². The monoisotopic (exact) mass is 269 g/mol. The maximum Gasteiger partial charge on any atom is 0.309 e. The van der Waals surface area contributed by atoms with Gasteiger partial charge in [0.15, 0.2) is 5.76 Å². The first-order valence-corrected chi connectivity index (χ1v) is 5.96. The lowest BCUT2D eigenvalue weighted by atomic mass is 9.90. The van der Waals surface area contributed by atoms with Crippen LogP contribution in [0.25, 0.3) is 0 Å². The molecule has 1 amide bonds. The number of methoxy groups -OCH3 is 1. The fourth-order valence-corrected chi connectivity index (χ4v) is 1.40. The molecule has 0 radical (unpaired) electrons. The van der Waals surface area contributed by atoms with Gasteiger partial charge in [-0.15, -0.1) is 0 Å². The van der Waals surface area contributed by atoms with E-state index in [0.717, 1.165) is 0 Å². The largest absolute Gasteiger partial charge is 0.481 e. The van der Waals surface area contributed by atoms with Crippen LogP contribution < -0.4 is 5.32 Å². The van der Waals surface area contributed by atoms with Crippen LogP contribution in [-0.4, -0.2) is 30.6 Å². The van der Waals surface area contributed by atoms with Crippen molar-refractivity contribution >= 4 is 11.9 Å². The maximum atomic E-state index is 11.7. The molecule has 0 bridgehead atoms. The molecule has 0 atom stereocenters. The summed E-state index contributed by atoms with van der Waals surface area (Å²) in [4.78, 5) is 22.6. The summed E-state index contributed by atoms with van der Waals surface area (Å²) in [5.74, 6) is -0.482. The van der Waals surface area contributed by atoms with Gasteiger partial charge in [-0.3, -0.25) is 9.59 Å². The lowest BCUT2D eigenvalue weighted by molar-refractivity contribution is -0.147. The Bertz CT molecular complexity index is 450. The first-order chi connectivity index (χ1) is 8.86. The van der Waals surface area contributed by atoms with E-state index in [9.17, 15) is 9.59 Å².